The molecule has 0 unspecified atom stereocenters. The van der Waals surface area contributed by atoms with Gasteiger partial charge in [-0.05, 0) is 12.1 Å². The molecular weight excluding hydrogens is 207 g/mol. The summed E-state index contributed by atoms with van der Waals surface area (Å²) in [5.41, 5.74) is 3.36. The molecule has 0 saturated carbocycles. The molecule has 1 aromatic rings. The fourth-order valence-corrected chi connectivity index (χ4v) is 1.15. The van der Waals surface area contributed by atoms with Crippen molar-refractivity contribution < 1.29 is 18.3 Å². The third kappa shape index (κ3) is 1.80. The summed E-state index contributed by atoms with van der Waals surface area (Å²) in [7, 11) is 0. The molecule has 1 aromatic carbocycles. The lowest BCUT2D eigenvalue weighted by Crippen LogP contribution is -2.09. The van der Waals surface area contributed by atoms with Gasteiger partial charge in [0.15, 0.2) is 0 Å². The van der Waals surface area contributed by atoms with Gasteiger partial charge in [-0.3, -0.25) is 0 Å². The number of nitrogens with two attached hydrogens (primary N) is 1. The molecule has 0 fully saturated rings. The van der Waals surface area contributed by atoms with Crippen LogP contribution >= 0.6 is 11.6 Å². The van der Waals surface area contributed by atoms with Crippen molar-refractivity contribution >= 4 is 17.3 Å². The van der Waals surface area contributed by atoms with Gasteiger partial charge in [0, 0.05) is 5.69 Å². The molecule has 0 bridgehead atoms. The zero-order chi connectivity index (χ0) is 10.2. The number of hydrogen-bond acceptors (Lipinski definition) is 2. The van der Waals surface area contributed by atoms with E-state index in [9.17, 15) is 13.2 Å². The molecule has 3 N–H and O–H groups in total. The Balaban J connectivity index is 3.43. The normalized spacial score (nSPS) is 11.7. The molecule has 0 heterocycles. The van der Waals surface area contributed by atoms with Crippen LogP contribution in [0.5, 0.6) is 5.75 Å². The molecule has 6 heteroatoms. The Morgan fingerprint density at radius 2 is 1.85 bits per heavy atom. The fraction of sp³-hybridized carbons (Fsp3) is 0.143. The maximum atomic E-state index is 12.2. The summed E-state index contributed by atoms with van der Waals surface area (Å²) in [6.45, 7) is 0. The van der Waals surface area contributed by atoms with Gasteiger partial charge in [0.05, 0.1) is 5.02 Å². The van der Waals surface area contributed by atoms with Crippen molar-refractivity contribution in [1.29, 1.82) is 0 Å². The molecule has 0 saturated heterocycles. The van der Waals surface area contributed by atoms with Crippen LogP contribution in [0.15, 0.2) is 12.1 Å². The van der Waals surface area contributed by atoms with E-state index in [0.29, 0.717) is 0 Å². The lowest BCUT2D eigenvalue weighted by molar-refractivity contribution is -0.136. The van der Waals surface area contributed by atoms with Gasteiger partial charge in [0.1, 0.15) is 11.3 Å². The van der Waals surface area contributed by atoms with E-state index in [4.69, 9.17) is 22.4 Å². The number of hydrogen-bond donors (Lipinski definition) is 2. The monoisotopic (exact) mass is 211 g/mol. The minimum absolute atomic E-state index is 0.504. The number of phenolic OH excluding ortho intramolecular Hbond substituents is 1. The molecule has 0 aliphatic heterocycles. The number of phenols is 1. The van der Waals surface area contributed by atoms with Crippen molar-refractivity contribution in [1.82, 2.24) is 0 Å². The van der Waals surface area contributed by atoms with Gasteiger partial charge in [-0.25, -0.2) is 0 Å². The summed E-state index contributed by atoms with van der Waals surface area (Å²) in [5.74, 6) is -0.636. The van der Waals surface area contributed by atoms with Crippen LogP contribution in [0.2, 0.25) is 5.02 Å². The maximum absolute atomic E-state index is 12.2. The highest BCUT2D eigenvalue weighted by Gasteiger charge is 2.36. The van der Waals surface area contributed by atoms with E-state index in [0.717, 1.165) is 12.1 Å². The van der Waals surface area contributed by atoms with Crippen LogP contribution in [0.3, 0.4) is 0 Å². The zero-order valence-corrected chi connectivity index (χ0v) is 6.95. The Morgan fingerprint density at radius 1 is 1.31 bits per heavy atom. The van der Waals surface area contributed by atoms with E-state index < -0.39 is 28.2 Å². The van der Waals surface area contributed by atoms with Crippen LogP contribution in [0.4, 0.5) is 18.9 Å². The number of rotatable bonds is 0. The summed E-state index contributed by atoms with van der Waals surface area (Å²) in [6.07, 6.45) is -4.65. The summed E-state index contributed by atoms with van der Waals surface area (Å²) in [5, 5.41) is 8.13. The molecule has 0 radical (unpaired) electrons. The van der Waals surface area contributed by atoms with E-state index in [-0.39, 0.29) is 0 Å². The first-order chi connectivity index (χ1) is 5.84. The van der Waals surface area contributed by atoms with Gasteiger partial charge in [-0.2, -0.15) is 13.2 Å². The molecule has 0 aromatic heterocycles. The minimum Gasteiger partial charge on any atom is -0.506 e. The van der Waals surface area contributed by atoms with Crippen LogP contribution in [0.1, 0.15) is 5.56 Å². The Bertz CT molecular complexity index is 337. The van der Waals surface area contributed by atoms with Gasteiger partial charge < -0.3 is 10.8 Å². The Morgan fingerprint density at radius 3 is 2.23 bits per heavy atom. The van der Waals surface area contributed by atoms with Crippen molar-refractivity contribution in [3.8, 4) is 5.75 Å². The molecule has 0 atom stereocenters. The number of aromatic hydroxyl groups is 1. The summed E-state index contributed by atoms with van der Waals surface area (Å²) >= 11 is 5.23. The number of benzene rings is 1. The van der Waals surface area contributed by atoms with E-state index in [1.807, 2.05) is 0 Å². The molecule has 0 aliphatic carbocycles. The van der Waals surface area contributed by atoms with Gasteiger partial charge in [0.2, 0.25) is 0 Å². The van der Waals surface area contributed by atoms with Crippen molar-refractivity contribution in [2.75, 3.05) is 5.73 Å². The van der Waals surface area contributed by atoms with Crippen LogP contribution in [-0.4, -0.2) is 5.11 Å². The average molecular weight is 212 g/mol. The number of nitrogen functional groups attached to an aromatic ring is 1. The van der Waals surface area contributed by atoms with Crippen LogP contribution in [0, 0.1) is 0 Å². The summed E-state index contributed by atoms with van der Waals surface area (Å²) in [4.78, 5) is 0. The molecule has 0 amide bonds. The van der Waals surface area contributed by atoms with Crippen LogP contribution in [0.25, 0.3) is 0 Å². The Hall–Kier alpha value is -1.10. The van der Waals surface area contributed by atoms with Crippen molar-refractivity contribution in [2.24, 2.45) is 0 Å². The lowest BCUT2D eigenvalue weighted by atomic mass is 10.1. The Labute approximate surface area is 76.7 Å². The fourth-order valence-electron chi connectivity index (χ4n) is 0.868. The quantitative estimate of drug-likeness (QED) is 0.512. The molecule has 72 valence electrons. The van der Waals surface area contributed by atoms with E-state index >= 15 is 0 Å². The predicted molar refractivity (Wildman–Crippen MR) is 42.5 cm³/mol. The molecule has 0 spiro atoms. The Kier molecular flexibility index (Phi) is 2.30. The molecule has 2 nitrogen and oxygen atoms in total. The topological polar surface area (TPSA) is 46.2 Å². The smallest absolute Gasteiger partial charge is 0.419 e. The van der Waals surface area contributed by atoms with Gasteiger partial charge in [-0.15, -0.1) is 0 Å². The molecule has 0 aliphatic rings. The second-order valence-electron chi connectivity index (χ2n) is 2.36. The van der Waals surface area contributed by atoms with Crippen molar-refractivity contribution in [3.05, 3.63) is 22.7 Å². The summed E-state index contributed by atoms with van der Waals surface area (Å²) < 4.78 is 36.6. The molecule has 1 rings (SSSR count). The first kappa shape index (κ1) is 9.98. The first-order valence-electron chi connectivity index (χ1n) is 3.18. The van der Waals surface area contributed by atoms with E-state index in [1.165, 1.54) is 0 Å². The second-order valence-corrected chi connectivity index (χ2v) is 2.74. The maximum Gasteiger partial charge on any atom is 0.419 e. The highest BCUT2D eigenvalue weighted by atomic mass is 35.5. The lowest BCUT2D eigenvalue weighted by Gasteiger charge is -2.12. The number of anilines is 1. The average Bonchev–Trinajstić information content (AvgIpc) is 1.95. The standard InChI is InChI=1S/C7H5ClF3NO/c8-6-4(13)2-1-3(12)5(6)7(9,10)11/h1-2,13H,12H2. The third-order valence-electron chi connectivity index (χ3n) is 1.44. The largest absolute Gasteiger partial charge is 0.506 e. The van der Waals surface area contributed by atoms with Crippen LogP contribution < -0.4 is 5.73 Å². The highest BCUT2D eigenvalue weighted by molar-refractivity contribution is 6.33. The summed E-state index contributed by atoms with van der Waals surface area (Å²) in [6, 6.07) is 1.96. The first-order valence-corrected chi connectivity index (χ1v) is 3.56. The van der Waals surface area contributed by atoms with Gasteiger partial charge >= 0.3 is 6.18 Å². The molecule has 13 heavy (non-hydrogen) atoms. The third-order valence-corrected chi connectivity index (χ3v) is 1.82. The van der Waals surface area contributed by atoms with Crippen LogP contribution in [-0.2, 0) is 6.18 Å². The predicted octanol–water partition coefficient (Wildman–Crippen LogP) is 2.65. The van der Waals surface area contributed by atoms with Gasteiger partial charge in [0.25, 0.3) is 0 Å². The van der Waals surface area contributed by atoms with E-state index in [1.54, 1.807) is 0 Å². The van der Waals surface area contributed by atoms with Crippen molar-refractivity contribution in [3.63, 3.8) is 0 Å². The van der Waals surface area contributed by atoms with E-state index in [2.05, 4.69) is 0 Å². The van der Waals surface area contributed by atoms with Gasteiger partial charge in [-0.1, -0.05) is 11.6 Å². The number of alkyl halides is 3. The number of halogens is 4. The molecular formula is C7H5ClF3NO. The SMILES string of the molecule is Nc1ccc(O)c(Cl)c1C(F)(F)F. The van der Waals surface area contributed by atoms with Crippen molar-refractivity contribution in [2.45, 2.75) is 6.18 Å². The zero-order valence-electron chi connectivity index (χ0n) is 6.19. The minimum atomic E-state index is -4.65. The second kappa shape index (κ2) is 2.99. The highest BCUT2D eigenvalue weighted by Crippen LogP contribution is 2.42.